The van der Waals surface area contributed by atoms with E-state index in [0.29, 0.717) is 53.4 Å². The summed E-state index contributed by atoms with van der Waals surface area (Å²) < 4.78 is 25.4. The predicted octanol–water partition coefficient (Wildman–Crippen LogP) is 6.65. The number of amides is 2. The Morgan fingerprint density at radius 3 is 2.38 bits per heavy atom. The molecule has 0 aliphatic heterocycles. The van der Waals surface area contributed by atoms with E-state index in [-0.39, 0.29) is 46.8 Å². The normalized spacial score (nSPS) is 13.8. The molecular weight excluding hydrogens is 739 g/mol. The number of aromatic nitrogens is 2. The lowest BCUT2D eigenvalue weighted by Gasteiger charge is -2.32. The molecule has 14 heteroatoms. The molecule has 1 aliphatic carbocycles. The first-order valence-electron chi connectivity index (χ1n) is 18.6. The molecule has 2 N–H and O–H groups in total. The van der Waals surface area contributed by atoms with Gasteiger partial charge >= 0.3 is 5.97 Å². The van der Waals surface area contributed by atoms with Gasteiger partial charge in [0.05, 0.1) is 34.3 Å². The van der Waals surface area contributed by atoms with Crippen molar-refractivity contribution in [2.24, 2.45) is 5.41 Å². The van der Waals surface area contributed by atoms with E-state index in [1.165, 1.54) is 34.3 Å². The quantitative estimate of drug-likeness (QED) is 0.112. The summed E-state index contributed by atoms with van der Waals surface area (Å²) in [6.07, 6.45) is 8.22. The van der Waals surface area contributed by atoms with E-state index in [9.17, 15) is 27.6 Å². The standard InChI is InChI=1S/C41H51N5O7S2/c1-7-30(8-2)45(21-20-44(5)35(47)16-17-36(48)49)25-27-10-9-11-28(22-27)39(51)43-40-37(33-18-19-41(3,4)23-34(33)54-40)38(50)29-24-42-46(26-29)31-12-14-32(15-13-31)55(6,52)53/h9-15,22,24,26,30H,7-8,16-21,23,25H2,1-6H3,(H,43,51)(H,48,49). The number of ketones is 1. The molecule has 4 aromatic rings. The van der Waals surface area contributed by atoms with Gasteiger partial charge in [-0.1, -0.05) is 39.8 Å². The molecule has 0 fully saturated rings. The second-order valence-corrected chi connectivity index (χ2v) is 18.2. The zero-order valence-electron chi connectivity index (χ0n) is 32.4. The van der Waals surface area contributed by atoms with Crippen LogP contribution in [0.25, 0.3) is 5.69 Å². The molecule has 55 heavy (non-hydrogen) atoms. The number of carbonyl (C=O) groups excluding carboxylic acids is 3. The van der Waals surface area contributed by atoms with Crippen LogP contribution in [0.3, 0.4) is 0 Å². The number of anilines is 1. The Labute approximate surface area is 327 Å². The number of likely N-dealkylation sites (N-methyl/N-ethyl adjacent to an activating group) is 1. The fourth-order valence-electron chi connectivity index (χ4n) is 7.03. The van der Waals surface area contributed by atoms with Crippen LogP contribution < -0.4 is 5.32 Å². The van der Waals surface area contributed by atoms with Crippen molar-refractivity contribution in [3.8, 4) is 5.69 Å². The van der Waals surface area contributed by atoms with Gasteiger partial charge in [0.1, 0.15) is 5.00 Å². The summed E-state index contributed by atoms with van der Waals surface area (Å²) in [7, 11) is -1.67. The summed E-state index contributed by atoms with van der Waals surface area (Å²) in [4.78, 5) is 56.8. The molecule has 12 nitrogen and oxygen atoms in total. The maximum atomic E-state index is 14.3. The molecule has 0 saturated carbocycles. The van der Waals surface area contributed by atoms with Gasteiger partial charge in [-0.2, -0.15) is 5.10 Å². The smallest absolute Gasteiger partial charge is 0.303 e. The van der Waals surface area contributed by atoms with Crippen molar-refractivity contribution in [1.29, 1.82) is 0 Å². The fourth-order valence-corrected chi connectivity index (χ4v) is 9.16. The molecule has 2 heterocycles. The van der Waals surface area contributed by atoms with Crippen molar-refractivity contribution >= 4 is 49.7 Å². The van der Waals surface area contributed by atoms with Crippen molar-refractivity contribution in [3.63, 3.8) is 0 Å². The zero-order valence-corrected chi connectivity index (χ0v) is 34.1. The second-order valence-electron chi connectivity index (χ2n) is 15.1. The van der Waals surface area contributed by atoms with Crippen molar-refractivity contribution in [1.82, 2.24) is 19.6 Å². The summed E-state index contributed by atoms with van der Waals surface area (Å²) in [6.45, 7) is 10.2. The van der Waals surface area contributed by atoms with E-state index in [4.69, 9.17) is 5.11 Å². The number of thiophene rings is 1. The first-order valence-corrected chi connectivity index (χ1v) is 21.3. The van der Waals surface area contributed by atoms with Gasteiger partial charge in [0, 0.05) is 62.0 Å². The van der Waals surface area contributed by atoms with Gasteiger partial charge in [-0.05, 0) is 85.0 Å². The Morgan fingerprint density at radius 2 is 1.73 bits per heavy atom. The minimum Gasteiger partial charge on any atom is -0.481 e. The maximum absolute atomic E-state index is 14.3. The van der Waals surface area contributed by atoms with Gasteiger partial charge in [-0.3, -0.25) is 24.1 Å². The summed E-state index contributed by atoms with van der Waals surface area (Å²) in [6, 6.07) is 14.0. The largest absolute Gasteiger partial charge is 0.481 e. The van der Waals surface area contributed by atoms with Crippen LogP contribution in [0.15, 0.2) is 65.8 Å². The van der Waals surface area contributed by atoms with E-state index in [0.717, 1.165) is 47.9 Å². The monoisotopic (exact) mass is 789 g/mol. The number of nitrogens with one attached hydrogen (secondary N) is 1. The van der Waals surface area contributed by atoms with E-state index >= 15 is 0 Å². The molecule has 0 atom stereocenters. The van der Waals surface area contributed by atoms with Crippen LogP contribution in [0.2, 0.25) is 0 Å². The number of benzene rings is 2. The molecular formula is C41H51N5O7S2. The Bertz CT molecular complexity index is 2150. The summed E-state index contributed by atoms with van der Waals surface area (Å²) >= 11 is 1.45. The number of carboxylic acids is 1. The Morgan fingerprint density at radius 1 is 1.02 bits per heavy atom. The number of fused-ring (bicyclic) bond motifs is 1. The Balaban J connectivity index is 1.37. The number of nitrogens with zero attached hydrogens (tertiary/aromatic N) is 4. The van der Waals surface area contributed by atoms with Crippen LogP contribution in [-0.2, 0) is 38.8 Å². The number of rotatable bonds is 17. The Hall–Kier alpha value is -4.66. The minimum atomic E-state index is -3.36. The van der Waals surface area contributed by atoms with Gasteiger partial charge in [-0.25, -0.2) is 13.1 Å². The molecule has 0 bridgehead atoms. The lowest BCUT2D eigenvalue weighted by Crippen LogP contribution is -2.41. The number of aliphatic carboxylic acids is 1. The van der Waals surface area contributed by atoms with Crippen LogP contribution in [0, 0.1) is 5.41 Å². The number of carbonyl (C=O) groups is 4. The highest BCUT2D eigenvalue weighted by molar-refractivity contribution is 7.90. The van der Waals surface area contributed by atoms with Crippen molar-refractivity contribution < 1.29 is 32.7 Å². The third-order valence-corrected chi connectivity index (χ3v) is 12.6. The Kier molecular flexibility index (Phi) is 13.1. The number of hydrogen-bond acceptors (Lipinski definition) is 9. The third kappa shape index (κ3) is 10.4. The highest BCUT2D eigenvalue weighted by atomic mass is 32.2. The molecule has 1 aliphatic rings. The van der Waals surface area contributed by atoms with E-state index in [2.05, 4.69) is 43.0 Å². The molecule has 2 aromatic carbocycles. The first-order chi connectivity index (χ1) is 26.0. The molecule has 2 aromatic heterocycles. The van der Waals surface area contributed by atoms with Crippen LogP contribution in [-0.4, -0.2) is 89.1 Å². The van der Waals surface area contributed by atoms with Crippen LogP contribution >= 0.6 is 11.3 Å². The van der Waals surface area contributed by atoms with E-state index < -0.39 is 15.8 Å². The maximum Gasteiger partial charge on any atom is 0.303 e. The van der Waals surface area contributed by atoms with Gasteiger partial charge in [-0.15, -0.1) is 11.3 Å². The zero-order chi connectivity index (χ0) is 40.1. The molecule has 0 spiro atoms. The van der Waals surface area contributed by atoms with Crippen LogP contribution in [0.4, 0.5) is 5.00 Å². The van der Waals surface area contributed by atoms with Gasteiger partial charge in [0.2, 0.25) is 5.91 Å². The molecule has 0 radical (unpaired) electrons. The topological polar surface area (TPSA) is 159 Å². The highest BCUT2D eigenvalue weighted by Gasteiger charge is 2.34. The van der Waals surface area contributed by atoms with Crippen LogP contribution in [0.5, 0.6) is 0 Å². The van der Waals surface area contributed by atoms with Gasteiger partial charge < -0.3 is 15.3 Å². The number of sulfone groups is 1. The number of carboxylic acid groups (broad SMARTS) is 1. The van der Waals surface area contributed by atoms with Gasteiger partial charge in [0.25, 0.3) is 5.91 Å². The molecule has 294 valence electrons. The third-order valence-electron chi connectivity index (χ3n) is 10.3. The van der Waals surface area contributed by atoms with Crippen LogP contribution in [0.1, 0.15) is 102 Å². The predicted molar refractivity (Wildman–Crippen MR) is 214 cm³/mol. The molecule has 0 unspecified atom stereocenters. The molecule has 0 saturated heterocycles. The lowest BCUT2D eigenvalue weighted by atomic mass is 9.76. The lowest BCUT2D eigenvalue weighted by molar-refractivity contribution is -0.140. The van der Waals surface area contributed by atoms with Crippen molar-refractivity contribution in [2.75, 3.05) is 31.7 Å². The SMILES string of the molecule is CCC(CC)N(CCN(C)C(=O)CCC(=O)O)Cc1cccc(C(=O)Nc2sc3c(c2C(=O)c2cnn(-c4ccc(S(C)(=O)=O)cc4)c2)CCC(C)(C)C3)c1. The average molecular weight is 790 g/mol. The number of hydrogen-bond donors (Lipinski definition) is 2. The average Bonchev–Trinajstić information content (AvgIpc) is 3.77. The fraction of sp³-hybridized carbons (Fsp3) is 0.439. The first kappa shape index (κ1) is 41.5. The summed E-state index contributed by atoms with van der Waals surface area (Å²) in [5.41, 5.74) is 3.83. The summed E-state index contributed by atoms with van der Waals surface area (Å²) in [5.74, 6) is -1.78. The van der Waals surface area contributed by atoms with Crippen molar-refractivity contribution in [2.45, 2.75) is 90.1 Å². The van der Waals surface area contributed by atoms with Gasteiger partial charge in [0.15, 0.2) is 15.6 Å². The molecule has 2 amide bonds. The van der Waals surface area contributed by atoms with E-state index in [1.54, 1.807) is 36.3 Å². The highest BCUT2D eigenvalue weighted by Crippen LogP contribution is 2.44. The molecule has 5 rings (SSSR count). The van der Waals surface area contributed by atoms with E-state index in [1.807, 2.05) is 18.2 Å². The minimum absolute atomic E-state index is 0.0424. The second kappa shape index (κ2) is 17.4. The van der Waals surface area contributed by atoms with Crippen molar-refractivity contribution in [3.05, 3.63) is 93.6 Å². The summed E-state index contributed by atoms with van der Waals surface area (Å²) in [5, 5.41) is 17.0.